The Morgan fingerprint density at radius 1 is 1.12 bits per heavy atom. The molecule has 1 aliphatic heterocycles. The number of hydrogen-bond acceptors (Lipinski definition) is 3. The summed E-state index contributed by atoms with van der Waals surface area (Å²) in [6.07, 6.45) is 5.28. The maximum Gasteiger partial charge on any atom is 0.237 e. The summed E-state index contributed by atoms with van der Waals surface area (Å²) < 4.78 is 25.3. The third-order valence-corrected chi connectivity index (χ3v) is 6.02. The summed E-state index contributed by atoms with van der Waals surface area (Å²) in [5.41, 5.74) is 0.693. The van der Waals surface area contributed by atoms with E-state index in [0.29, 0.717) is 28.7 Å². The lowest BCUT2D eigenvalue weighted by molar-refractivity contribution is -0.131. The Hall–Kier alpha value is -0.820. The van der Waals surface area contributed by atoms with E-state index in [-0.39, 0.29) is 19.0 Å². The molecule has 1 heterocycles. The lowest BCUT2D eigenvalue weighted by Gasteiger charge is -2.25. The van der Waals surface area contributed by atoms with Crippen molar-refractivity contribution in [1.29, 1.82) is 0 Å². The number of sulfonamides is 1. The molecule has 1 aliphatic rings. The van der Waals surface area contributed by atoms with Crippen molar-refractivity contribution in [3.8, 4) is 0 Å². The molecule has 0 aromatic heterocycles. The van der Waals surface area contributed by atoms with Crippen LogP contribution in [0.25, 0.3) is 0 Å². The number of halogens is 2. The van der Waals surface area contributed by atoms with Crippen molar-refractivity contribution in [2.75, 3.05) is 25.9 Å². The van der Waals surface area contributed by atoms with Crippen molar-refractivity contribution >= 4 is 39.1 Å². The van der Waals surface area contributed by atoms with Gasteiger partial charge in [0.05, 0.1) is 22.8 Å². The molecule has 134 valence electrons. The van der Waals surface area contributed by atoms with Crippen LogP contribution in [0.1, 0.15) is 31.2 Å². The highest BCUT2D eigenvalue weighted by Crippen LogP contribution is 2.23. The average Bonchev–Trinajstić information content (AvgIpc) is 2.78. The quantitative estimate of drug-likeness (QED) is 0.772. The molecule has 0 spiro atoms. The van der Waals surface area contributed by atoms with Gasteiger partial charge in [-0.25, -0.2) is 8.42 Å². The second-order valence-corrected chi connectivity index (χ2v) is 8.87. The van der Waals surface area contributed by atoms with E-state index in [1.54, 1.807) is 23.1 Å². The first-order valence-corrected chi connectivity index (χ1v) is 10.5. The second kappa shape index (κ2) is 8.52. The van der Waals surface area contributed by atoms with E-state index >= 15 is 0 Å². The predicted octanol–water partition coefficient (Wildman–Crippen LogP) is 3.16. The Bertz CT molecular complexity index is 687. The molecule has 1 saturated heterocycles. The molecule has 2 rings (SSSR count). The van der Waals surface area contributed by atoms with Crippen molar-refractivity contribution in [1.82, 2.24) is 9.21 Å². The van der Waals surface area contributed by atoms with E-state index < -0.39 is 10.0 Å². The van der Waals surface area contributed by atoms with Gasteiger partial charge in [0.15, 0.2) is 0 Å². The summed E-state index contributed by atoms with van der Waals surface area (Å²) in [7, 11) is -3.52. The van der Waals surface area contributed by atoms with Gasteiger partial charge in [-0.05, 0) is 30.5 Å². The van der Waals surface area contributed by atoms with E-state index in [2.05, 4.69) is 0 Å². The number of benzene rings is 1. The molecule has 8 heteroatoms. The van der Waals surface area contributed by atoms with Crippen LogP contribution in [0.15, 0.2) is 18.2 Å². The zero-order chi connectivity index (χ0) is 17.7. The molecule has 5 nitrogen and oxygen atoms in total. The van der Waals surface area contributed by atoms with Gasteiger partial charge < -0.3 is 4.90 Å². The van der Waals surface area contributed by atoms with Gasteiger partial charge in [-0.15, -0.1) is 0 Å². The largest absolute Gasteiger partial charge is 0.342 e. The van der Waals surface area contributed by atoms with Gasteiger partial charge in [0, 0.05) is 19.6 Å². The van der Waals surface area contributed by atoms with Crippen LogP contribution in [0, 0.1) is 0 Å². The maximum atomic E-state index is 12.5. The topological polar surface area (TPSA) is 57.7 Å². The highest BCUT2D eigenvalue weighted by Gasteiger charge is 2.24. The lowest BCUT2D eigenvalue weighted by atomic mass is 10.2. The summed E-state index contributed by atoms with van der Waals surface area (Å²) >= 11 is 11.9. The monoisotopic (exact) mass is 392 g/mol. The number of rotatable bonds is 5. The zero-order valence-electron chi connectivity index (χ0n) is 13.7. The molecule has 0 saturated carbocycles. The Kier molecular flexibility index (Phi) is 6.92. The summed E-state index contributed by atoms with van der Waals surface area (Å²) in [6.45, 7) is 1.33. The average molecular weight is 393 g/mol. The molecule has 1 aromatic carbocycles. The van der Waals surface area contributed by atoms with Crippen molar-refractivity contribution < 1.29 is 13.2 Å². The van der Waals surface area contributed by atoms with Crippen molar-refractivity contribution in [3.05, 3.63) is 33.8 Å². The Labute approximate surface area is 153 Å². The molecule has 1 fully saturated rings. The minimum absolute atomic E-state index is 0.0926. The zero-order valence-corrected chi connectivity index (χ0v) is 16.0. The van der Waals surface area contributed by atoms with Crippen molar-refractivity contribution in [3.63, 3.8) is 0 Å². The summed E-state index contributed by atoms with van der Waals surface area (Å²) in [5, 5.41) is 0.772. The lowest BCUT2D eigenvalue weighted by Crippen LogP contribution is -2.42. The van der Waals surface area contributed by atoms with Crippen LogP contribution in [0.2, 0.25) is 10.0 Å². The molecule has 0 bridgehead atoms. The number of amides is 1. The molecule has 0 radical (unpaired) electrons. The fourth-order valence-corrected chi connectivity index (χ4v) is 3.75. The van der Waals surface area contributed by atoms with Crippen molar-refractivity contribution in [2.45, 2.75) is 32.2 Å². The summed E-state index contributed by atoms with van der Waals surface area (Å²) in [4.78, 5) is 14.3. The predicted molar refractivity (Wildman–Crippen MR) is 96.8 cm³/mol. The van der Waals surface area contributed by atoms with Gasteiger partial charge >= 0.3 is 0 Å². The molecule has 0 aliphatic carbocycles. The van der Waals surface area contributed by atoms with Crippen LogP contribution in [0.5, 0.6) is 0 Å². The van der Waals surface area contributed by atoms with E-state index in [4.69, 9.17) is 23.2 Å². The van der Waals surface area contributed by atoms with Gasteiger partial charge in [-0.1, -0.05) is 42.1 Å². The Balaban J connectivity index is 2.10. The highest BCUT2D eigenvalue weighted by molar-refractivity contribution is 7.88. The maximum absolute atomic E-state index is 12.5. The second-order valence-electron chi connectivity index (χ2n) is 6.07. The van der Waals surface area contributed by atoms with Crippen LogP contribution < -0.4 is 0 Å². The van der Waals surface area contributed by atoms with E-state index in [1.165, 1.54) is 4.31 Å². The Morgan fingerprint density at radius 2 is 1.75 bits per heavy atom. The molecule has 1 aromatic rings. The molecule has 24 heavy (non-hydrogen) atoms. The van der Waals surface area contributed by atoms with Crippen LogP contribution >= 0.6 is 23.2 Å². The molecule has 1 amide bonds. The number of likely N-dealkylation sites (tertiary alicyclic amines) is 1. The fourth-order valence-electron chi connectivity index (χ4n) is 2.70. The molecule has 0 N–H and O–H groups in total. The minimum atomic E-state index is -3.52. The molecular formula is C16H22Cl2N2O3S. The van der Waals surface area contributed by atoms with E-state index in [1.807, 2.05) is 0 Å². The first-order valence-electron chi connectivity index (χ1n) is 7.94. The van der Waals surface area contributed by atoms with E-state index in [0.717, 1.165) is 31.9 Å². The number of hydrogen-bond donors (Lipinski definition) is 0. The summed E-state index contributed by atoms with van der Waals surface area (Å²) in [6, 6.07) is 4.96. The normalized spacial score (nSPS) is 16.2. The minimum Gasteiger partial charge on any atom is -0.342 e. The molecule has 0 atom stereocenters. The summed E-state index contributed by atoms with van der Waals surface area (Å²) in [5.74, 6) is -0.151. The smallest absolute Gasteiger partial charge is 0.237 e. The number of nitrogens with zero attached hydrogens (tertiary/aromatic N) is 2. The first-order chi connectivity index (χ1) is 11.3. The fraction of sp³-hybridized carbons (Fsp3) is 0.562. The third kappa shape index (κ3) is 5.62. The molecular weight excluding hydrogens is 371 g/mol. The van der Waals surface area contributed by atoms with Gasteiger partial charge in [0.2, 0.25) is 15.9 Å². The van der Waals surface area contributed by atoms with Crippen LogP contribution in [0.3, 0.4) is 0 Å². The van der Waals surface area contributed by atoms with Gasteiger partial charge in [-0.3, -0.25) is 4.79 Å². The number of carbonyl (C=O) groups is 1. The number of carbonyl (C=O) groups excluding carboxylic acids is 1. The van der Waals surface area contributed by atoms with Crippen LogP contribution in [0.4, 0.5) is 0 Å². The van der Waals surface area contributed by atoms with Crippen molar-refractivity contribution in [2.24, 2.45) is 0 Å². The SMILES string of the molecule is CS(=O)(=O)N(CC(=O)N1CCCCCC1)Cc1ccc(Cl)c(Cl)c1. The molecule has 0 unspecified atom stereocenters. The van der Waals surface area contributed by atoms with Crippen LogP contribution in [-0.4, -0.2) is 49.4 Å². The first kappa shape index (κ1) is 19.5. The Morgan fingerprint density at radius 3 is 2.29 bits per heavy atom. The van der Waals surface area contributed by atoms with Gasteiger partial charge in [0.25, 0.3) is 0 Å². The standard InChI is InChI=1S/C16H22Cl2N2O3S/c1-24(22,23)20(11-13-6-7-14(17)15(18)10-13)12-16(21)19-8-4-2-3-5-9-19/h6-7,10H,2-5,8-9,11-12H2,1H3. The van der Waals surface area contributed by atoms with Crippen LogP contribution in [-0.2, 0) is 21.4 Å². The third-order valence-electron chi connectivity index (χ3n) is 4.08. The van der Waals surface area contributed by atoms with Gasteiger partial charge in [0.1, 0.15) is 0 Å². The van der Waals surface area contributed by atoms with E-state index in [9.17, 15) is 13.2 Å². The van der Waals surface area contributed by atoms with Gasteiger partial charge in [-0.2, -0.15) is 4.31 Å². The highest BCUT2D eigenvalue weighted by atomic mass is 35.5.